The number of furan rings is 1. The minimum Gasteiger partial charge on any atom is -0.464 e. The van der Waals surface area contributed by atoms with E-state index in [-0.39, 0.29) is 5.78 Å². The molecule has 1 N–H and O–H groups in total. The van der Waals surface area contributed by atoms with Crippen LogP contribution in [0.2, 0.25) is 0 Å². The van der Waals surface area contributed by atoms with E-state index in [1.165, 1.54) is 0 Å². The third-order valence-electron chi connectivity index (χ3n) is 4.76. The molecule has 7 heteroatoms. The van der Waals surface area contributed by atoms with Crippen LogP contribution in [0.1, 0.15) is 28.8 Å². The van der Waals surface area contributed by atoms with Gasteiger partial charge in [0, 0.05) is 37.4 Å². The van der Waals surface area contributed by atoms with Crippen molar-refractivity contribution in [1.29, 1.82) is 0 Å². The Labute approximate surface area is 171 Å². The van der Waals surface area contributed by atoms with Gasteiger partial charge in [0.05, 0.1) is 19.8 Å². The van der Waals surface area contributed by atoms with Crippen LogP contribution in [0.25, 0.3) is 0 Å². The van der Waals surface area contributed by atoms with Crippen molar-refractivity contribution in [1.82, 2.24) is 9.80 Å². The fourth-order valence-corrected chi connectivity index (χ4v) is 3.36. The van der Waals surface area contributed by atoms with E-state index in [1.54, 1.807) is 19.1 Å². The van der Waals surface area contributed by atoms with Gasteiger partial charge in [-0.1, -0.05) is 0 Å². The lowest BCUT2D eigenvalue weighted by atomic mass is 10.1. The summed E-state index contributed by atoms with van der Waals surface area (Å²) in [5.74, 6) is 1.83. The third kappa shape index (κ3) is 5.89. The highest BCUT2D eigenvalue weighted by atomic mass is 32.1. The number of carbonyl (C=O) groups excluding carboxylic acids is 1. The lowest BCUT2D eigenvalue weighted by Crippen LogP contribution is -2.43. The van der Waals surface area contributed by atoms with Gasteiger partial charge in [-0.15, -0.1) is 0 Å². The largest absolute Gasteiger partial charge is 0.464 e. The Bertz CT molecular complexity index is 797. The summed E-state index contributed by atoms with van der Waals surface area (Å²) < 4.78 is 11.2. The number of carbonyl (C=O) groups is 1. The third-order valence-corrected chi connectivity index (χ3v) is 5.12. The van der Waals surface area contributed by atoms with Crippen molar-refractivity contribution in [2.24, 2.45) is 0 Å². The summed E-state index contributed by atoms with van der Waals surface area (Å²) >= 11 is 5.68. The number of morpholine rings is 1. The smallest absolute Gasteiger partial charge is 0.173 e. The van der Waals surface area contributed by atoms with Gasteiger partial charge < -0.3 is 19.4 Å². The molecule has 6 nitrogen and oxygen atoms in total. The van der Waals surface area contributed by atoms with Gasteiger partial charge in [0.2, 0.25) is 0 Å². The summed E-state index contributed by atoms with van der Waals surface area (Å²) in [7, 11) is 0. The molecule has 1 fully saturated rings. The van der Waals surface area contributed by atoms with Gasteiger partial charge in [0.15, 0.2) is 10.9 Å². The molecule has 2 heterocycles. The molecule has 0 spiro atoms. The van der Waals surface area contributed by atoms with Gasteiger partial charge in [-0.05, 0) is 62.5 Å². The van der Waals surface area contributed by atoms with Crippen LogP contribution in [0, 0.1) is 6.92 Å². The molecule has 150 valence electrons. The second kappa shape index (κ2) is 9.82. The number of rotatable bonds is 7. The second-order valence-electron chi connectivity index (χ2n) is 6.95. The fourth-order valence-electron chi connectivity index (χ4n) is 3.09. The van der Waals surface area contributed by atoms with Crippen LogP contribution in [-0.2, 0) is 11.3 Å². The van der Waals surface area contributed by atoms with E-state index in [0.29, 0.717) is 17.2 Å². The molecular formula is C21H27N3O3S. The molecule has 0 bridgehead atoms. The van der Waals surface area contributed by atoms with Crippen molar-refractivity contribution in [2.45, 2.75) is 20.4 Å². The number of nitrogens with zero attached hydrogens (tertiary/aromatic N) is 2. The molecule has 0 aliphatic carbocycles. The first-order valence-corrected chi connectivity index (χ1v) is 9.94. The number of nitrogens with one attached hydrogen (secondary N) is 1. The summed E-state index contributed by atoms with van der Waals surface area (Å²) in [5, 5.41) is 3.92. The molecule has 1 aromatic carbocycles. The molecule has 0 radical (unpaired) electrons. The summed E-state index contributed by atoms with van der Waals surface area (Å²) in [4.78, 5) is 15.9. The Kier molecular flexibility index (Phi) is 7.19. The van der Waals surface area contributed by atoms with Gasteiger partial charge >= 0.3 is 0 Å². The molecular weight excluding hydrogens is 374 g/mol. The first kappa shape index (κ1) is 20.5. The zero-order valence-electron chi connectivity index (χ0n) is 16.4. The van der Waals surface area contributed by atoms with Gasteiger partial charge in [-0.25, -0.2) is 0 Å². The van der Waals surface area contributed by atoms with Crippen molar-refractivity contribution >= 4 is 28.8 Å². The molecule has 0 atom stereocenters. The van der Waals surface area contributed by atoms with E-state index in [1.807, 2.05) is 31.2 Å². The Morgan fingerprint density at radius 3 is 2.50 bits per heavy atom. The first-order valence-electron chi connectivity index (χ1n) is 9.53. The summed E-state index contributed by atoms with van der Waals surface area (Å²) in [6.45, 7) is 9.26. The zero-order chi connectivity index (χ0) is 19.9. The highest BCUT2D eigenvalue weighted by Gasteiger charge is 2.16. The SMILES string of the molecule is CC(=O)c1ccc(NC(=S)N(CCN2CCOCC2)Cc2ccc(C)o2)cc1. The molecule has 1 aromatic heterocycles. The quantitative estimate of drug-likeness (QED) is 0.564. The lowest BCUT2D eigenvalue weighted by molar-refractivity contribution is 0.0356. The number of anilines is 1. The average molecular weight is 402 g/mol. The van der Waals surface area contributed by atoms with E-state index in [4.69, 9.17) is 21.4 Å². The van der Waals surface area contributed by atoms with Crippen LogP contribution in [0.15, 0.2) is 40.8 Å². The van der Waals surface area contributed by atoms with Gasteiger partial charge in [0.25, 0.3) is 0 Å². The Balaban J connectivity index is 1.64. The zero-order valence-corrected chi connectivity index (χ0v) is 17.3. The molecule has 2 aromatic rings. The van der Waals surface area contributed by atoms with Crippen molar-refractivity contribution in [3.05, 3.63) is 53.5 Å². The predicted molar refractivity (Wildman–Crippen MR) is 114 cm³/mol. The van der Waals surface area contributed by atoms with Crippen LogP contribution < -0.4 is 5.32 Å². The van der Waals surface area contributed by atoms with Gasteiger partial charge in [-0.2, -0.15) is 0 Å². The predicted octanol–water partition coefficient (Wildman–Crippen LogP) is 3.32. The number of hydrogen-bond acceptors (Lipinski definition) is 5. The molecule has 1 aliphatic rings. The summed E-state index contributed by atoms with van der Waals surface area (Å²) in [6.07, 6.45) is 0. The van der Waals surface area contributed by atoms with Crippen molar-refractivity contribution < 1.29 is 13.9 Å². The molecule has 1 saturated heterocycles. The molecule has 1 aliphatic heterocycles. The standard InChI is InChI=1S/C21H27N3O3S/c1-16-3-8-20(27-16)15-24(10-9-23-11-13-26-14-12-23)21(28)22-19-6-4-18(5-7-19)17(2)25/h3-8H,9-15H2,1-2H3,(H,22,28). The minimum absolute atomic E-state index is 0.0504. The number of ketones is 1. The number of hydrogen-bond donors (Lipinski definition) is 1. The van der Waals surface area contributed by atoms with Crippen LogP contribution >= 0.6 is 12.2 Å². The molecule has 0 amide bonds. The van der Waals surface area contributed by atoms with Crippen LogP contribution in [0.4, 0.5) is 5.69 Å². The van der Waals surface area contributed by atoms with E-state index >= 15 is 0 Å². The van der Waals surface area contributed by atoms with Crippen molar-refractivity contribution in [3.63, 3.8) is 0 Å². The van der Waals surface area contributed by atoms with E-state index in [0.717, 1.165) is 56.6 Å². The molecule has 0 saturated carbocycles. The highest BCUT2D eigenvalue weighted by molar-refractivity contribution is 7.80. The topological polar surface area (TPSA) is 58.0 Å². The maximum Gasteiger partial charge on any atom is 0.173 e. The van der Waals surface area contributed by atoms with Crippen molar-refractivity contribution in [3.8, 4) is 0 Å². The van der Waals surface area contributed by atoms with Crippen molar-refractivity contribution in [2.75, 3.05) is 44.7 Å². The first-order chi connectivity index (χ1) is 13.5. The molecule has 3 rings (SSSR count). The monoisotopic (exact) mass is 401 g/mol. The van der Waals surface area contributed by atoms with E-state index in [2.05, 4.69) is 15.1 Å². The second-order valence-corrected chi connectivity index (χ2v) is 7.34. The number of ether oxygens (including phenoxy) is 1. The number of Topliss-reactive ketones (excluding diaryl/α,β-unsaturated/α-hetero) is 1. The fraction of sp³-hybridized carbons (Fsp3) is 0.429. The van der Waals surface area contributed by atoms with E-state index < -0.39 is 0 Å². The number of thiocarbonyl (C=S) groups is 1. The Hall–Kier alpha value is -2.22. The minimum atomic E-state index is 0.0504. The molecule has 28 heavy (non-hydrogen) atoms. The van der Waals surface area contributed by atoms with Gasteiger partial charge in [-0.3, -0.25) is 9.69 Å². The van der Waals surface area contributed by atoms with E-state index in [9.17, 15) is 4.79 Å². The highest BCUT2D eigenvalue weighted by Crippen LogP contribution is 2.14. The lowest BCUT2D eigenvalue weighted by Gasteiger charge is -2.31. The Morgan fingerprint density at radius 2 is 1.89 bits per heavy atom. The number of aryl methyl sites for hydroxylation is 1. The maximum absolute atomic E-state index is 11.4. The number of benzene rings is 1. The van der Waals surface area contributed by atoms with Crippen LogP contribution in [0.5, 0.6) is 0 Å². The van der Waals surface area contributed by atoms with Gasteiger partial charge in [0.1, 0.15) is 11.5 Å². The summed E-state index contributed by atoms with van der Waals surface area (Å²) in [6, 6.07) is 11.3. The van der Waals surface area contributed by atoms with Crippen LogP contribution in [-0.4, -0.2) is 60.1 Å². The summed E-state index contributed by atoms with van der Waals surface area (Å²) in [5.41, 5.74) is 1.55. The normalized spacial score (nSPS) is 14.6. The average Bonchev–Trinajstić information content (AvgIpc) is 3.11. The van der Waals surface area contributed by atoms with Crippen LogP contribution in [0.3, 0.4) is 0 Å². The molecule has 0 unspecified atom stereocenters. The maximum atomic E-state index is 11.4. The Morgan fingerprint density at radius 1 is 1.18 bits per heavy atom.